The van der Waals surface area contributed by atoms with Crippen molar-refractivity contribution in [2.24, 2.45) is 11.8 Å². The van der Waals surface area contributed by atoms with Crippen LogP contribution in [0.4, 0.5) is 0 Å². The summed E-state index contributed by atoms with van der Waals surface area (Å²) in [6, 6.07) is 28.4. The smallest absolute Gasteiger partial charge is 1.00 e. The van der Waals surface area contributed by atoms with E-state index >= 15 is 0 Å². The van der Waals surface area contributed by atoms with Crippen LogP contribution >= 0.6 is 0 Å². The van der Waals surface area contributed by atoms with Gasteiger partial charge in [0.05, 0.1) is 0 Å². The number of rotatable bonds is 4. The molecule has 0 radical (unpaired) electrons. The summed E-state index contributed by atoms with van der Waals surface area (Å²) in [5, 5.41) is 5.83. The number of hydrogen-bond acceptors (Lipinski definition) is 0. The monoisotopic (exact) mass is 612 g/mol. The van der Waals surface area contributed by atoms with Crippen molar-refractivity contribution in [3.05, 3.63) is 106 Å². The summed E-state index contributed by atoms with van der Waals surface area (Å²) in [6.07, 6.45) is 16.9. The standard InChI is InChI=1S/2C18H17.C2H4.2ClH.Ti/c2*1-2-6-13(5-1)16-11-15-10-9-14-7-3-4-8-17(14)18(15)12-16;1-2;;;/h2*3-4,7-13H,1-2,5-6H2;1-2H2;2*1H;/q;;;;;+2/p-2. The Hall–Kier alpha value is -1.83. The first kappa shape index (κ1) is 28.0. The van der Waals surface area contributed by atoms with Gasteiger partial charge in [-0.25, -0.2) is 0 Å². The maximum Gasteiger partial charge on any atom is -1.00 e. The van der Waals surface area contributed by atoms with Crippen molar-refractivity contribution in [3.63, 3.8) is 0 Å². The topological polar surface area (TPSA) is 0 Å². The molecule has 2 saturated carbocycles. The first-order chi connectivity index (χ1) is 19.3. The van der Waals surface area contributed by atoms with Gasteiger partial charge in [0.25, 0.3) is 0 Å². The fourth-order valence-electron chi connectivity index (χ4n) is 9.71. The van der Waals surface area contributed by atoms with Crippen molar-refractivity contribution in [2.75, 3.05) is 0 Å². The summed E-state index contributed by atoms with van der Waals surface area (Å²) < 4.78 is 4.64. The van der Waals surface area contributed by atoms with E-state index in [1.54, 1.807) is 31.7 Å². The van der Waals surface area contributed by atoms with E-state index in [1.165, 1.54) is 72.9 Å². The van der Waals surface area contributed by atoms with E-state index in [0.29, 0.717) is 0 Å². The van der Waals surface area contributed by atoms with Crippen molar-refractivity contribution in [1.82, 2.24) is 0 Å². The molecule has 4 aromatic carbocycles. The predicted octanol–water partition coefficient (Wildman–Crippen LogP) is 4.96. The van der Waals surface area contributed by atoms with Gasteiger partial charge in [-0.05, 0) is 0 Å². The minimum absolute atomic E-state index is 0. The van der Waals surface area contributed by atoms with E-state index in [-0.39, 0.29) is 24.8 Å². The van der Waals surface area contributed by atoms with Crippen LogP contribution in [-0.4, -0.2) is 0 Å². The Morgan fingerprint density at radius 3 is 1.32 bits per heavy atom. The molecule has 2 unspecified atom stereocenters. The van der Waals surface area contributed by atoms with Gasteiger partial charge in [-0.15, -0.1) is 0 Å². The number of fused-ring (bicyclic) bond motifs is 6. The van der Waals surface area contributed by atoms with Crippen LogP contribution in [0.1, 0.15) is 82.1 Å². The molecule has 0 spiro atoms. The van der Waals surface area contributed by atoms with Crippen LogP contribution in [0.3, 0.4) is 0 Å². The van der Waals surface area contributed by atoms with E-state index in [2.05, 4.69) is 84.9 Å². The second kappa shape index (κ2) is 10.7. The largest absolute Gasteiger partial charge is 1.00 e. The number of halogens is 2. The summed E-state index contributed by atoms with van der Waals surface area (Å²) in [5.41, 5.74) is 10.4. The van der Waals surface area contributed by atoms with E-state index in [4.69, 9.17) is 0 Å². The normalized spacial score (nSPS) is 23.7. The fourth-order valence-corrected chi connectivity index (χ4v) is 20.1. The zero-order chi connectivity index (χ0) is 25.6. The Morgan fingerprint density at radius 1 is 0.488 bits per heavy atom. The third kappa shape index (κ3) is 4.19. The van der Waals surface area contributed by atoms with Crippen molar-refractivity contribution < 1.29 is 41.4 Å². The molecular weight excluding hydrogens is 575 g/mol. The zero-order valence-corrected chi connectivity index (χ0v) is 26.8. The number of benzene rings is 4. The van der Waals surface area contributed by atoms with Gasteiger partial charge in [-0.3, -0.25) is 0 Å². The quantitative estimate of drug-likeness (QED) is 0.286. The van der Waals surface area contributed by atoms with Crippen molar-refractivity contribution in [3.8, 4) is 0 Å². The van der Waals surface area contributed by atoms with E-state index in [9.17, 15) is 0 Å². The molecule has 0 aromatic heterocycles. The first-order valence-corrected chi connectivity index (χ1v) is 19.8. The molecule has 5 aliphatic rings. The summed E-state index contributed by atoms with van der Waals surface area (Å²) in [5.74, 6) is 1.64. The SMILES string of the molecule is C1=C(C2CCCC2)[CH]([Ti+2]2([CH]3C(C4CCCC4)=Cc4c3ccc3ccccc43)[CH2][CH2]2)c2ccc3ccccc3c21.[Cl-].[Cl-]. The van der Waals surface area contributed by atoms with Gasteiger partial charge in [-0.2, -0.15) is 0 Å². The van der Waals surface area contributed by atoms with Gasteiger partial charge in [0.1, 0.15) is 0 Å². The average molecular weight is 613 g/mol. The van der Waals surface area contributed by atoms with E-state index < -0.39 is 16.6 Å². The third-order valence-corrected chi connectivity index (χ3v) is 19.7. The predicted molar refractivity (Wildman–Crippen MR) is 163 cm³/mol. The third-order valence-electron chi connectivity index (χ3n) is 11.5. The molecule has 0 bridgehead atoms. The molecule has 41 heavy (non-hydrogen) atoms. The van der Waals surface area contributed by atoms with Crippen LogP contribution in [0.5, 0.6) is 0 Å². The van der Waals surface area contributed by atoms with E-state index in [1.807, 2.05) is 11.1 Å². The van der Waals surface area contributed by atoms with Crippen LogP contribution in [0.25, 0.3) is 33.7 Å². The molecule has 1 heterocycles. The van der Waals surface area contributed by atoms with Crippen LogP contribution in [0, 0.1) is 11.8 Å². The second-order valence-electron chi connectivity index (χ2n) is 13.4. The average Bonchev–Trinajstić information content (AvgIpc) is 3.51. The van der Waals surface area contributed by atoms with Crippen LogP contribution < -0.4 is 24.8 Å². The Kier molecular flexibility index (Phi) is 7.31. The number of allylic oxidation sites excluding steroid dienone is 2. The van der Waals surface area contributed by atoms with E-state index in [0.717, 1.165) is 20.3 Å². The maximum atomic E-state index is 2.75. The molecule has 1 saturated heterocycles. The summed E-state index contributed by atoms with van der Waals surface area (Å²) in [7, 11) is 0. The maximum absolute atomic E-state index is 2.75. The number of hydrogen-bond donors (Lipinski definition) is 0. The van der Waals surface area contributed by atoms with Gasteiger partial charge in [0.15, 0.2) is 0 Å². The molecule has 3 fully saturated rings. The minimum atomic E-state index is -2.36. The molecule has 4 aromatic rings. The summed E-state index contributed by atoms with van der Waals surface area (Å²) in [4.78, 5) is 0. The Balaban J connectivity index is 0.00000138. The Labute approximate surface area is 260 Å². The van der Waals surface area contributed by atoms with Crippen molar-refractivity contribution in [1.29, 1.82) is 0 Å². The molecule has 0 amide bonds. The molecule has 2 atom stereocenters. The molecule has 4 aliphatic carbocycles. The minimum Gasteiger partial charge on any atom is -1.00 e. The molecule has 0 N–H and O–H groups in total. The molecule has 9 rings (SSSR count). The fraction of sp³-hybridized carbons (Fsp3) is 0.368. The van der Waals surface area contributed by atoms with Gasteiger partial charge >= 0.3 is 238 Å². The van der Waals surface area contributed by atoms with Crippen LogP contribution in [0.15, 0.2) is 83.9 Å². The Morgan fingerprint density at radius 2 is 0.902 bits per heavy atom. The van der Waals surface area contributed by atoms with Gasteiger partial charge in [-0.1, -0.05) is 0 Å². The summed E-state index contributed by atoms with van der Waals surface area (Å²) >= 11 is -2.36. The molecule has 3 heteroatoms. The van der Waals surface area contributed by atoms with Gasteiger partial charge in [0.2, 0.25) is 0 Å². The Bertz CT molecular complexity index is 1580. The molecule has 1 aliphatic heterocycles. The van der Waals surface area contributed by atoms with Crippen molar-refractivity contribution >= 4 is 33.7 Å². The van der Waals surface area contributed by atoms with Crippen molar-refractivity contribution in [2.45, 2.75) is 69.3 Å². The summed E-state index contributed by atoms with van der Waals surface area (Å²) in [6.45, 7) is 0. The first-order valence-electron chi connectivity index (χ1n) is 15.8. The molecule has 208 valence electrons. The van der Waals surface area contributed by atoms with Crippen LogP contribution in [0.2, 0.25) is 9.45 Å². The molecule has 0 nitrogen and oxygen atoms in total. The molecular formula is C38H38Cl2Ti. The zero-order valence-electron chi connectivity index (χ0n) is 23.7. The second-order valence-corrected chi connectivity index (χ2v) is 20.6. The van der Waals surface area contributed by atoms with Gasteiger partial charge in [0, 0.05) is 0 Å². The van der Waals surface area contributed by atoms with Crippen LogP contribution in [-0.2, 0) is 16.6 Å². The van der Waals surface area contributed by atoms with Gasteiger partial charge < -0.3 is 24.8 Å².